The molecule has 2 aromatic rings. The summed E-state index contributed by atoms with van der Waals surface area (Å²) in [5.74, 6) is 0.0692. The lowest BCUT2D eigenvalue weighted by molar-refractivity contribution is 0.410. The fraction of sp³-hybridized carbons (Fsp3) is 0.143. The Morgan fingerprint density at radius 2 is 1.95 bits per heavy atom. The molecule has 0 aliphatic carbocycles. The number of ether oxygens (including phenoxy) is 1. The van der Waals surface area contributed by atoms with E-state index in [-0.39, 0.29) is 0 Å². The first-order valence-electron chi connectivity index (χ1n) is 5.45. The van der Waals surface area contributed by atoms with Crippen molar-refractivity contribution in [1.82, 2.24) is 0 Å². The Morgan fingerprint density at radius 3 is 2.53 bits per heavy atom. The first-order chi connectivity index (χ1) is 9.02. The van der Waals surface area contributed by atoms with Crippen molar-refractivity contribution >= 4 is 45.8 Å². The second-order valence-corrected chi connectivity index (χ2v) is 5.93. The number of hydrogen-bond acceptors (Lipinski definition) is 1. The van der Waals surface area contributed by atoms with Gasteiger partial charge in [0.15, 0.2) is 0 Å². The topological polar surface area (TPSA) is 9.23 Å². The van der Waals surface area contributed by atoms with E-state index in [9.17, 15) is 4.39 Å². The molecule has 0 amide bonds. The van der Waals surface area contributed by atoms with E-state index in [1.54, 1.807) is 18.2 Å². The summed E-state index contributed by atoms with van der Waals surface area (Å²) in [6, 6.07) is 10.1. The molecule has 0 fully saturated rings. The first kappa shape index (κ1) is 14.9. The molecule has 1 unspecified atom stereocenters. The molecule has 0 saturated carbocycles. The average molecular weight is 411 g/mol. The molecule has 0 aliphatic rings. The fourth-order valence-electron chi connectivity index (χ4n) is 1.69. The Labute approximate surface area is 134 Å². The Morgan fingerprint density at radius 1 is 1.21 bits per heavy atom. The number of halogens is 4. The predicted octanol–water partition coefficient (Wildman–Crippen LogP) is 5.42. The molecule has 0 radical (unpaired) electrons. The van der Waals surface area contributed by atoms with Gasteiger partial charge in [0.2, 0.25) is 0 Å². The molecule has 0 spiro atoms. The van der Waals surface area contributed by atoms with Crippen LogP contribution in [-0.2, 0) is 0 Å². The summed E-state index contributed by atoms with van der Waals surface area (Å²) in [7, 11) is 1.49. The van der Waals surface area contributed by atoms with E-state index in [0.717, 1.165) is 9.13 Å². The van der Waals surface area contributed by atoms with Gasteiger partial charge >= 0.3 is 0 Å². The van der Waals surface area contributed by atoms with Crippen LogP contribution >= 0.6 is 45.8 Å². The maximum atomic E-state index is 14.0. The monoisotopic (exact) mass is 410 g/mol. The lowest BCUT2D eigenvalue weighted by atomic mass is 10.0. The summed E-state index contributed by atoms with van der Waals surface area (Å²) in [6.07, 6.45) is 0. The predicted molar refractivity (Wildman–Crippen MR) is 84.8 cm³/mol. The molecule has 2 aromatic carbocycles. The van der Waals surface area contributed by atoms with Crippen molar-refractivity contribution in [3.63, 3.8) is 0 Å². The van der Waals surface area contributed by atoms with Crippen LogP contribution in [0.5, 0.6) is 5.75 Å². The van der Waals surface area contributed by atoms with E-state index < -0.39 is 11.2 Å². The second-order valence-electron chi connectivity index (χ2n) is 3.92. The molecule has 19 heavy (non-hydrogen) atoms. The van der Waals surface area contributed by atoms with Gasteiger partial charge < -0.3 is 4.74 Å². The van der Waals surface area contributed by atoms with Crippen molar-refractivity contribution in [3.8, 4) is 5.75 Å². The molecule has 0 bridgehead atoms. The summed E-state index contributed by atoms with van der Waals surface area (Å²) in [5, 5.41) is 0.0260. The highest BCUT2D eigenvalue weighted by Gasteiger charge is 2.16. The van der Waals surface area contributed by atoms with Crippen LogP contribution in [0.4, 0.5) is 4.39 Å². The molecule has 5 heteroatoms. The van der Waals surface area contributed by atoms with E-state index in [2.05, 4.69) is 22.6 Å². The van der Waals surface area contributed by atoms with Crippen LogP contribution in [0.25, 0.3) is 0 Å². The van der Waals surface area contributed by atoms with Gasteiger partial charge in [-0.25, -0.2) is 4.39 Å². The van der Waals surface area contributed by atoms with Crippen molar-refractivity contribution in [1.29, 1.82) is 0 Å². The van der Waals surface area contributed by atoms with Gasteiger partial charge in [-0.1, -0.05) is 23.7 Å². The van der Waals surface area contributed by atoms with Gasteiger partial charge in [-0.15, -0.1) is 11.6 Å². The van der Waals surface area contributed by atoms with Gasteiger partial charge in [0.25, 0.3) is 0 Å². The maximum absolute atomic E-state index is 14.0. The Balaban J connectivity index is 2.38. The smallest absolute Gasteiger partial charge is 0.131 e. The second kappa shape index (κ2) is 6.29. The van der Waals surface area contributed by atoms with Crippen molar-refractivity contribution < 1.29 is 9.13 Å². The standard InChI is InChI=1S/C14H10Cl2FIO/c1-19-9-3-4-10(12(17)7-9)14(16)8-2-5-13(18)11(15)6-8/h2-7,14H,1H3. The zero-order valence-electron chi connectivity index (χ0n) is 9.96. The largest absolute Gasteiger partial charge is 0.497 e. The van der Waals surface area contributed by atoms with E-state index in [1.165, 1.54) is 13.2 Å². The molecule has 1 nitrogen and oxygen atoms in total. The first-order valence-corrected chi connectivity index (χ1v) is 7.34. The van der Waals surface area contributed by atoms with Crippen LogP contribution in [0.2, 0.25) is 5.02 Å². The van der Waals surface area contributed by atoms with Gasteiger partial charge in [-0.3, -0.25) is 0 Å². The van der Waals surface area contributed by atoms with Crippen molar-refractivity contribution in [2.24, 2.45) is 0 Å². The van der Waals surface area contributed by atoms with Crippen LogP contribution < -0.4 is 4.74 Å². The highest BCUT2D eigenvalue weighted by Crippen LogP contribution is 2.34. The zero-order chi connectivity index (χ0) is 14.0. The van der Waals surface area contributed by atoms with Crippen LogP contribution in [0.3, 0.4) is 0 Å². The molecule has 0 aromatic heterocycles. The molecule has 100 valence electrons. The highest BCUT2D eigenvalue weighted by atomic mass is 127. The van der Waals surface area contributed by atoms with Crippen molar-refractivity contribution in [2.45, 2.75) is 5.38 Å². The summed E-state index contributed by atoms with van der Waals surface area (Å²) in [6.45, 7) is 0. The third-order valence-corrected chi connectivity index (χ3v) is 4.78. The molecule has 0 aliphatic heterocycles. The molecule has 0 N–H and O–H groups in total. The van der Waals surface area contributed by atoms with Gasteiger partial charge in [-0.05, 0) is 46.4 Å². The normalized spacial score (nSPS) is 12.3. The molecule has 1 atom stereocenters. The van der Waals surface area contributed by atoms with Gasteiger partial charge in [0.05, 0.1) is 17.5 Å². The SMILES string of the molecule is COc1ccc(C(Cl)c2ccc(I)c(Cl)c2)c(F)c1. The van der Waals surface area contributed by atoms with Crippen LogP contribution in [0, 0.1) is 9.39 Å². The minimum atomic E-state index is -0.583. The third kappa shape index (κ3) is 3.33. The number of benzene rings is 2. The Kier molecular flexibility index (Phi) is 4.92. The quantitative estimate of drug-likeness (QED) is 0.484. The fourth-order valence-corrected chi connectivity index (χ4v) is 2.53. The highest BCUT2D eigenvalue weighted by molar-refractivity contribution is 14.1. The molecule has 2 rings (SSSR count). The Hall–Kier alpha value is -0.520. The number of hydrogen-bond donors (Lipinski definition) is 0. The van der Waals surface area contributed by atoms with Crippen LogP contribution in [-0.4, -0.2) is 7.11 Å². The van der Waals surface area contributed by atoms with Crippen LogP contribution in [0.1, 0.15) is 16.5 Å². The minimum absolute atomic E-state index is 0.394. The number of methoxy groups -OCH3 is 1. The van der Waals surface area contributed by atoms with Crippen molar-refractivity contribution in [3.05, 3.63) is 61.9 Å². The summed E-state index contributed by atoms with van der Waals surface area (Å²) in [4.78, 5) is 0. The Bertz CT molecular complexity index is 604. The molecule has 0 saturated heterocycles. The van der Waals surface area contributed by atoms with Gasteiger partial charge in [0, 0.05) is 15.2 Å². The average Bonchev–Trinajstić information content (AvgIpc) is 2.41. The summed E-state index contributed by atoms with van der Waals surface area (Å²) >= 11 is 14.5. The zero-order valence-corrected chi connectivity index (χ0v) is 13.6. The molecular formula is C14H10Cl2FIO. The van der Waals surface area contributed by atoms with Crippen molar-refractivity contribution in [2.75, 3.05) is 7.11 Å². The number of alkyl halides is 1. The van der Waals surface area contributed by atoms with E-state index in [1.807, 2.05) is 12.1 Å². The maximum Gasteiger partial charge on any atom is 0.131 e. The van der Waals surface area contributed by atoms with E-state index in [4.69, 9.17) is 27.9 Å². The lowest BCUT2D eigenvalue weighted by Gasteiger charge is -2.13. The van der Waals surface area contributed by atoms with E-state index >= 15 is 0 Å². The molecular weight excluding hydrogens is 401 g/mol. The number of rotatable bonds is 3. The van der Waals surface area contributed by atoms with Gasteiger partial charge in [-0.2, -0.15) is 0 Å². The summed E-state index contributed by atoms with van der Waals surface area (Å²) < 4.78 is 19.9. The third-order valence-electron chi connectivity index (χ3n) is 2.72. The van der Waals surface area contributed by atoms with Crippen LogP contribution in [0.15, 0.2) is 36.4 Å². The lowest BCUT2D eigenvalue weighted by Crippen LogP contribution is -1.98. The van der Waals surface area contributed by atoms with E-state index in [0.29, 0.717) is 16.3 Å². The summed E-state index contributed by atoms with van der Waals surface area (Å²) in [5.41, 5.74) is 1.16. The minimum Gasteiger partial charge on any atom is -0.497 e. The molecule has 0 heterocycles. The van der Waals surface area contributed by atoms with Gasteiger partial charge in [0.1, 0.15) is 11.6 Å².